The summed E-state index contributed by atoms with van der Waals surface area (Å²) in [6.07, 6.45) is 0.947. The Morgan fingerprint density at radius 1 is 0.926 bits per heavy atom. The van der Waals surface area contributed by atoms with Gasteiger partial charge in [0.05, 0.1) is 5.56 Å². The van der Waals surface area contributed by atoms with Gasteiger partial charge in [-0.3, -0.25) is 25.2 Å². The molecule has 0 spiro atoms. The van der Waals surface area contributed by atoms with Crippen molar-refractivity contribution in [3.63, 3.8) is 0 Å². The minimum Gasteiger partial charge on any atom is -0.507 e. The van der Waals surface area contributed by atoms with Gasteiger partial charge in [-0.05, 0) is 30.0 Å². The molecule has 2 rings (SSSR count). The average Bonchev–Trinajstić information content (AvgIpc) is 2.64. The van der Waals surface area contributed by atoms with E-state index in [0.29, 0.717) is 11.5 Å². The number of aromatic hydroxyl groups is 1. The van der Waals surface area contributed by atoms with Gasteiger partial charge in [0.15, 0.2) is 5.78 Å². The maximum Gasteiger partial charge on any atom is 0.273 e. The Balaban J connectivity index is 1.78. The van der Waals surface area contributed by atoms with Crippen molar-refractivity contribution < 1.29 is 19.5 Å². The smallest absolute Gasteiger partial charge is 0.273 e. The number of amides is 2. The van der Waals surface area contributed by atoms with Crippen LogP contribution in [-0.4, -0.2) is 22.7 Å². The number of nitrogens with one attached hydrogen (secondary N) is 2. The molecule has 6 nitrogen and oxygen atoms in total. The molecule has 0 fully saturated rings. The highest BCUT2D eigenvalue weighted by molar-refractivity contribution is 5.99. The highest BCUT2D eigenvalue weighted by Crippen LogP contribution is 2.15. The van der Waals surface area contributed by atoms with Crippen LogP contribution < -0.4 is 10.9 Å². The number of Topliss-reactive ketones (excluding diaryl/α,β-unsaturated/α-hetero) is 1. The molecule has 3 N–H and O–H groups in total. The summed E-state index contributed by atoms with van der Waals surface area (Å²) in [5.41, 5.74) is 6.25. The number of para-hydroxylation sites is 1. The number of ketones is 1. The van der Waals surface area contributed by atoms with E-state index < -0.39 is 11.8 Å². The molecular formula is C21H24N2O4. The molecule has 2 amide bonds. The van der Waals surface area contributed by atoms with E-state index >= 15 is 0 Å². The van der Waals surface area contributed by atoms with E-state index in [4.69, 9.17) is 0 Å². The third-order valence-corrected chi connectivity index (χ3v) is 3.96. The molecule has 0 unspecified atom stereocenters. The van der Waals surface area contributed by atoms with Crippen molar-refractivity contribution in [1.82, 2.24) is 10.9 Å². The summed E-state index contributed by atoms with van der Waals surface area (Å²) in [4.78, 5) is 35.9. The zero-order chi connectivity index (χ0) is 19.8. The monoisotopic (exact) mass is 368 g/mol. The molecule has 0 aromatic heterocycles. The van der Waals surface area contributed by atoms with Crippen LogP contribution in [0.5, 0.6) is 5.75 Å². The molecule has 0 aliphatic rings. The van der Waals surface area contributed by atoms with E-state index in [1.165, 1.54) is 17.7 Å². The largest absolute Gasteiger partial charge is 0.507 e. The standard InChI is InChI=1S/C21H24N2O4/c1-14(2)13-15-7-9-16(10-8-15)18(24)11-12-20(26)22-23-21(27)17-5-3-4-6-19(17)25/h3-10,14,25H,11-13H2,1-2H3,(H,22,26)(H,23,27). The average molecular weight is 368 g/mol. The number of hydrogen-bond acceptors (Lipinski definition) is 4. The summed E-state index contributed by atoms with van der Waals surface area (Å²) in [5, 5.41) is 9.60. The number of carbonyl (C=O) groups excluding carboxylic acids is 3. The van der Waals surface area contributed by atoms with Crippen molar-refractivity contribution in [2.75, 3.05) is 0 Å². The third kappa shape index (κ3) is 6.26. The number of hydrazine groups is 1. The summed E-state index contributed by atoms with van der Waals surface area (Å²) in [5.74, 6) is -0.881. The molecule has 2 aromatic carbocycles. The van der Waals surface area contributed by atoms with Gasteiger partial charge in [0.25, 0.3) is 5.91 Å². The Morgan fingerprint density at radius 2 is 1.59 bits per heavy atom. The van der Waals surface area contributed by atoms with E-state index in [-0.39, 0.29) is 29.9 Å². The van der Waals surface area contributed by atoms with Crippen molar-refractivity contribution >= 4 is 17.6 Å². The lowest BCUT2D eigenvalue weighted by Gasteiger charge is -2.08. The zero-order valence-electron chi connectivity index (χ0n) is 15.5. The fourth-order valence-corrected chi connectivity index (χ4v) is 2.59. The van der Waals surface area contributed by atoms with Gasteiger partial charge >= 0.3 is 0 Å². The predicted molar refractivity (Wildman–Crippen MR) is 102 cm³/mol. The molecule has 0 radical (unpaired) electrons. The van der Waals surface area contributed by atoms with Crippen molar-refractivity contribution in [3.05, 3.63) is 65.2 Å². The van der Waals surface area contributed by atoms with Gasteiger partial charge in [0, 0.05) is 18.4 Å². The minimum atomic E-state index is -0.631. The number of phenolic OH excluding ortho intramolecular Hbond substituents is 1. The Bertz CT molecular complexity index is 813. The number of hydrogen-bond donors (Lipinski definition) is 3. The van der Waals surface area contributed by atoms with Crippen molar-refractivity contribution in [2.24, 2.45) is 5.92 Å². The van der Waals surface area contributed by atoms with Crippen molar-refractivity contribution in [3.8, 4) is 5.75 Å². The third-order valence-electron chi connectivity index (χ3n) is 3.96. The molecule has 0 aliphatic carbocycles. The van der Waals surface area contributed by atoms with Crippen LogP contribution >= 0.6 is 0 Å². The molecule has 0 saturated carbocycles. The molecule has 142 valence electrons. The van der Waals surface area contributed by atoms with Gasteiger partial charge in [-0.1, -0.05) is 50.2 Å². The number of rotatable bonds is 7. The van der Waals surface area contributed by atoms with Gasteiger partial charge in [-0.2, -0.15) is 0 Å². The minimum absolute atomic E-state index is 0.0435. The van der Waals surface area contributed by atoms with Crippen molar-refractivity contribution in [1.29, 1.82) is 0 Å². The van der Waals surface area contributed by atoms with Gasteiger partial charge in [-0.15, -0.1) is 0 Å². The summed E-state index contributed by atoms with van der Waals surface area (Å²) >= 11 is 0. The second kappa shape index (κ2) is 9.52. The molecule has 0 heterocycles. The molecule has 0 atom stereocenters. The van der Waals surface area contributed by atoms with Crippen LogP contribution in [0.3, 0.4) is 0 Å². The number of carbonyl (C=O) groups is 3. The number of phenols is 1. The van der Waals surface area contributed by atoms with E-state index in [2.05, 4.69) is 24.7 Å². The van der Waals surface area contributed by atoms with E-state index in [0.717, 1.165) is 6.42 Å². The summed E-state index contributed by atoms with van der Waals surface area (Å²) in [7, 11) is 0. The summed E-state index contributed by atoms with van der Waals surface area (Å²) in [6, 6.07) is 13.4. The second-order valence-corrected chi connectivity index (χ2v) is 6.74. The summed E-state index contributed by atoms with van der Waals surface area (Å²) < 4.78 is 0. The van der Waals surface area contributed by atoms with Gasteiger partial charge in [0.1, 0.15) is 5.75 Å². The first-order valence-electron chi connectivity index (χ1n) is 8.86. The van der Waals surface area contributed by atoms with E-state index in [9.17, 15) is 19.5 Å². The van der Waals surface area contributed by atoms with Crippen LogP contribution in [0.2, 0.25) is 0 Å². The topological polar surface area (TPSA) is 95.5 Å². The molecule has 0 aliphatic heterocycles. The van der Waals surface area contributed by atoms with E-state index in [1.807, 2.05) is 12.1 Å². The molecule has 0 saturated heterocycles. The normalized spacial score (nSPS) is 10.5. The first-order chi connectivity index (χ1) is 12.9. The molecular weight excluding hydrogens is 344 g/mol. The highest BCUT2D eigenvalue weighted by Gasteiger charge is 2.13. The molecule has 27 heavy (non-hydrogen) atoms. The van der Waals surface area contributed by atoms with E-state index in [1.54, 1.807) is 24.3 Å². The quantitative estimate of drug-likeness (QED) is 0.517. The van der Waals surface area contributed by atoms with Crippen LogP contribution in [0.4, 0.5) is 0 Å². The Labute approximate surface area is 158 Å². The highest BCUT2D eigenvalue weighted by atomic mass is 16.3. The molecule has 6 heteroatoms. The first-order valence-corrected chi connectivity index (χ1v) is 8.86. The fraction of sp³-hybridized carbons (Fsp3) is 0.286. The Morgan fingerprint density at radius 3 is 2.22 bits per heavy atom. The van der Waals surface area contributed by atoms with Crippen molar-refractivity contribution in [2.45, 2.75) is 33.1 Å². The lowest BCUT2D eigenvalue weighted by Crippen LogP contribution is -2.41. The first kappa shape index (κ1) is 20.2. The van der Waals surface area contributed by atoms with Crippen LogP contribution in [-0.2, 0) is 11.2 Å². The lowest BCUT2D eigenvalue weighted by atomic mass is 9.99. The van der Waals surface area contributed by atoms with Gasteiger partial charge in [-0.25, -0.2) is 0 Å². The summed E-state index contributed by atoms with van der Waals surface area (Å²) in [6.45, 7) is 4.27. The van der Waals surface area contributed by atoms with Crippen LogP contribution in [0.15, 0.2) is 48.5 Å². The SMILES string of the molecule is CC(C)Cc1ccc(C(=O)CCC(=O)NNC(=O)c2ccccc2O)cc1. The fourth-order valence-electron chi connectivity index (χ4n) is 2.59. The van der Waals surface area contributed by atoms with Gasteiger partial charge < -0.3 is 5.11 Å². The maximum atomic E-state index is 12.2. The maximum absolute atomic E-state index is 12.2. The Hall–Kier alpha value is -3.15. The zero-order valence-corrected chi connectivity index (χ0v) is 15.5. The van der Waals surface area contributed by atoms with Gasteiger partial charge in [0.2, 0.25) is 5.91 Å². The predicted octanol–water partition coefficient (Wildman–Crippen LogP) is 3.01. The van der Waals surface area contributed by atoms with Crippen LogP contribution in [0.1, 0.15) is 53.0 Å². The second-order valence-electron chi connectivity index (χ2n) is 6.74. The molecule has 0 bridgehead atoms. The lowest BCUT2D eigenvalue weighted by molar-refractivity contribution is -0.121. The molecule has 2 aromatic rings. The number of benzene rings is 2. The Kier molecular flexibility index (Phi) is 7.11. The van der Waals surface area contributed by atoms with Crippen LogP contribution in [0.25, 0.3) is 0 Å². The van der Waals surface area contributed by atoms with Crippen LogP contribution in [0, 0.1) is 5.92 Å².